The summed E-state index contributed by atoms with van der Waals surface area (Å²) in [7, 11) is -3.84. The molecule has 0 saturated heterocycles. The Morgan fingerprint density at radius 1 is 1.15 bits per heavy atom. The predicted molar refractivity (Wildman–Crippen MR) is 97.4 cm³/mol. The molecule has 2 heterocycles. The second-order valence-electron chi connectivity index (χ2n) is 5.54. The minimum atomic E-state index is -3.84. The number of ether oxygens (including phenoxy) is 1. The first kappa shape index (κ1) is 19.3. The minimum Gasteiger partial charge on any atom is -0.492 e. The molecule has 0 N–H and O–H groups in total. The van der Waals surface area contributed by atoms with Crippen molar-refractivity contribution in [1.82, 2.24) is 9.29 Å². The maximum absolute atomic E-state index is 13.0. The van der Waals surface area contributed by atoms with E-state index in [2.05, 4.69) is 4.98 Å². The van der Waals surface area contributed by atoms with E-state index >= 15 is 0 Å². The summed E-state index contributed by atoms with van der Waals surface area (Å²) >= 11 is 5.74. The van der Waals surface area contributed by atoms with E-state index in [4.69, 9.17) is 20.8 Å². The zero-order valence-corrected chi connectivity index (χ0v) is 15.7. The first-order valence-electron chi connectivity index (χ1n) is 7.97. The van der Waals surface area contributed by atoms with Crippen LogP contribution in [0.15, 0.2) is 70.3 Å². The number of sulfonamides is 1. The van der Waals surface area contributed by atoms with Crippen LogP contribution in [0.1, 0.15) is 5.76 Å². The van der Waals surface area contributed by atoms with Crippen LogP contribution in [0.25, 0.3) is 0 Å². The molecule has 0 aliphatic heterocycles. The second-order valence-corrected chi connectivity index (χ2v) is 7.86. The molecule has 0 bridgehead atoms. The molecule has 3 rings (SSSR count). The van der Waals surface area contributed by atoms with Gasteiger partial charge in [-0.1, -0.05) is 11.6 Å². The van der Waals surface area contributed by atoms with E-state index in [9.17, 15) is 12.8 Å². The van der Waals surface area contributed by atoms with Crippen LogP contribution in [-0.2, 0) is 16.6 Å². The fourth-order valence-corrected chi connectivity index (χ4v) is 3.77. The summed E-state index contributed by atoms with van der Waals surface area (Å²) in [4.78, 5) is 3.84. The van der Waals surface area contributed by atoms with Gasteiger partial charge in [0.25, 0.3) is 0 Å². The van der Waals surface area contributed by atoms with Gasteiger partial charge in [-0.25, -0.2) is 17.8 Å². The van der Waals surface area contributed by atoms with Gasteiger partial charge in [0.1, 0.15) is 34.0 Å². The number of aromatic nitrogens is 1. The third kappa shape index (κ3) is 5.06. The molecule has 9 heteroatoms. The van der Waals surface area contributed by atoms with Gasteiger partial charge < -0.3 is 9.15 Å². The third-order valence-electron chi connectivity index (χ3n) is 3.67. The van der Waals surface area contributed by atoms with Crippen LogP contribution in [0.4, 0.5) is 4.39 Å². The molecule has 2 aromatic heterocycles. The summed E-state index contributed by atoms with van der Waals surface area (Å²) in [6, 6.07) is 11.7. The molecule has 1 aromatic carbocycles. The van der Waals surface area contributed by atoms with E-state index in [1.807, 2.05) is 0 Å². The lowest BCUT2D eigenvalue weighted by molar-refractivity contribution is 0.261. The van der Waals surface area contributed by atoms with Crippen molar-refractivity contribution in [2.75, 3.05) is 13.2 Å². The van der Waals surface area contributed by atoms with E-state index < -0.39 is 10.0 Å². The number of halogens is 2. The van der Waals surface area contributed by atoms with Crippen molar-refractivity contribution in [1.29, 1.82) is 0 Å². The molecule has 0 aliphatic carbocycles. The molecule has 0 spiro atoms. The minimum absolute atomic E-state index is 0.0141. The van der Waals surface area contributed by atoms with Crippen LogP contribution in [0.2, 0.25) is 5.15 Å². The first-order chi connectivity index (χ1) is 12.9. The quantitative estimate of drug-likeness (QED) is 0.529. The number of hydrogen-bond donors (Lipinski definition) is 0. The normalized spacial score (nSPS) is 11.7. The molecule has 6 nitrogen and oxygen atoms in total. The lowest BCUT2D eigenvalue weighted by Crippen LogP contribution is -2.34. The topological polar surface area (TPSA) is 72.6 Å². The lowest BCUT2D eigenvalue weighted by atomic mass is 10.3. The van der Waals surface area contributed by atoms with E-state index in [-0.39, 0.29) is 35.6 Å². The Morgan fingerprint density at radius 3 is 2.56 bits per heavy atom. The first-order valence-corrected chi connectivity index (χ1v) is 9.79. The van der Waals surface area contributed by atoms with Crippen molar-refractivity contribution in [3.8, 4) is 5.75 Å². The lowest BCUT2D eigenvalue weighted by Gasteiger charge is -2.21. The summed E-state index contributed by atoms with van der Waals surface area (Å²) in [6.07, 6.45) is 2.67. The van der Waals surface area contributed by atoms with Crippen molar-refractivity contribution in [3.63, 3.8) is 0 Å². The third-order valence-corrected chi connectivity index (χ3v) is 5.73. The van der Waals surface area contributed by atoms with Gasteiger partial charge in [-0.3, -0.25) is 0 Å². The van der Waals surface area contributed by atoms with E-state index in [0.29, 0.717) is 11.5 Å². The van der Waals surface area contributed by atoms with Crippen molar-refractivity contribution in [2.45, 2.75) is 11.4 Å². The van der Waals surface area contributed by atoms with Gasteiger partial charge in [-0.05, 0) is 48.5 Å². The summed E-state index contributed by atoms with van der Waals surface area (Å²) in [5.41, 5.74) is 0. The highest BCUT2D eigenvalue weighted by Gasteiger charge is 2.26. The van der Waals surface area contributed by atoms with Crippen LogP contribution in [-0.4, -0.2) is 30.9 Å². The Balaban J connectivity index is 1.75. The average Bonchev–Trinajstić information content (AvgIpc) is 3.16. The van der Waals surface area contributed by atoms with Crippen molar-refractivity contribution >= 4 is 21.6 Å². The van der Waals surface area contributed by atoms with Crippen LogP contribution in [0, 0.1) is 5.82 Å². The number of benzene rings is 1. The number of furan rings is 1. The Labute approximate surface area is 161 Å². The Hall–Kier alpha value is -2.42. The fourth-order valence-electron chi connectivity index (χ4n) is 2.32. The van der Waals surface area contributed by atoms with Crippen LogP contribution in [0.5, 0.6) is 5.75 Å². The largest absolute Gasteiger partial charge is 0.492 e. The van der Waals surface area contributed by atoms with Crippen molar-refractivity contribution < 1.29 is 22.0 Å². The Morgan fingerprint density at radius 2 is 1.93 bits per heavy atom. The number of rotatable bonds is 8. The van der Waals surface area contributed by atoms with Gasteiger partial charge in [0, 0.05) is 12.7 Å². The zero-order chi connectivity index (χ0) is 19.3. The molecule has 0 unspecified atom stereocenters. The standard InChI is InChI=1S/C18H16ClFN2O4S/c19-18-8-7-17(12-21-18)27(23,24)22(13-16-2-1-10-25-16)9-11-26-15-5-3-14(20)4-6-15/h1-8,10,12H,9,11,13H2. The monoisotopic (exact) mass is 410 g/mol. The number of pyridine rings is 1. The molecule has 142 valence electrons. The van der Waals surface area contributed by atoms with Crippen LogP contribution >= 0.6 is 11.6 Å². The Kier molecular flexibility index (Phi) is 6.10. The molecular formula is C18H16ClFN2O4S. The molecule has 0 saturated carbocycles. The Bertz CT molecular complexity index is 962. The molecule has 0 aliphatic rings. The maximum atomic E-state index is 13.0. The molecule has 3 aromatic rings. The van der Waals surface area contributed by atoms with E-state index in [0.717, 1.165) is 0 Å². The number of hydrogen-bond acceptors (Lipinski definition) is 5. The molecule has 0 radical (unpaired) electrons. The molecule has 0 fully saturated rings. The number of nitrogens with zero attached hydrogens (tertiary/aromatic N) is 2. The zero-order valence-electron chi connectivity index (χ0n) is 14.1. The van der Waals surface area contributed by atoms with Crippen molar-refractivity contribution in [2.24, 2.45) is 0 Å². The van der Waals surface area contributed by atoms with Gasteiger partial charge in [-0.2, -0.15) is 4.31 Å². The van der Waals surface area contributed by atoms with Gasteiger partial charge in [0.15, 0.2) is 0 Å². The van der Waals surface area contributed by atoms with E-state index in [1.165, 1.54) is 53.2 Å². The maximum Gasteiger partial charge on any atom is 0.245 e. The molecular weight excluding hydrogens is 395 g/mol. The highest BCUT2D eigenvalue weighted by atomic mass is 35.5. The highest BCUT2D eigenvalue weighted by molar-refractivity contribution is 7.89. The SMILES string of the molecule is O=S(=O)(c1ccc(Cl)nc1)N(CCOc1ccc(F)cc1)Cc1ccco1. The summed E-state index contributed by atoms with van der Waals surface area (Å²) < 4.78 is 50.9. The van der Waals surface area contributed by atoms with Gasteiger partial charge in [0.05, 0.1) is 12.8 Å². The summed E-state index contributed by atoms with van der Waals surface area (Å²) in [6.45, 7) is 0.167. The van der Waals surface area contributed by atoms with Gasteiger partial charge >= 0.3 is 0 Å². The van der Waals surface area contributed by atoms with Crippen LogP contribution in [0.3, 0.4) is 0 Å². The van der Waals surface area contributed by atoms with Crippen molar-refractivity contribution in [3.05, 3.63) is 77.7 Å². The molecule has 27 heavy (non-hydrogen) atoms. The molecule has 0 atom stereocenters. The smallest absolute Gasteiger partial charge is 0.245 e. The molecule has 0 amide bonds. The predicted octanol–water partition coefficient (Wildman–Crippen LogP) is 3.74. The summed E-state index contributed by atoms with van der Waals surface area (Å²) in [5.74, 6) is 0.557. The second kappa shape index (κ2) is 8.51. The summed E-state index contributed by atoms with van der Waals surface area (Å²) in [5, 5.41) is 0.200. The highest BCUT2D eigenvalue weighted by Crippen LogP contribution is 2.19. The average molecular weight is 411 g/mol. The van der Waals surface area contributed by atoms with E-state index in [1.54, 1.807) is 12.1 Å². The van der Waals surface area contributed by atoms with Gasteiger partial charge in [-0.15, -0.1) is 0 Å². The van der Waals surface area contributed by atoms with Gasteiger partial charge in [0.2, 0.25) is 10.0 Å². The van der Waals surface area contributed by atoms with Crippen LogP contribution < -0.4 is 4.74 Å². The fraction of sp³-hybridized carbons (Fsp3) is 0.167.